The third-order valence-corrected chi connectivity index (χ3v) is 2.85. The summed E-state index contributed by atoms with van der Waals surface area (Å²) in [7, 11) is 0. The third-order valence-electron chi connectivity index (χ3n) is 2.85. The number of halogens is 1. The average molecular weight is 227 g/mol. The molecule has 1 saturated carbocycles. The molecule has 3 heteroatoms. The highest BCUT2D eigenvalue weighted by atomic mass is 35.5. The van der Waals surface area contributed by atoms with Crippen molar-refractivity contribution in [1.29, 1.82) is 0 Å². The average Bonchev–Trinajstić information content (AvgIpc) is 2.96. The van der Waals surface area contributed by atoms with Crippen LogP contribution in [0.1, 0.15) is 31.9 Å². The van der Waals surface area contributed by atoms with Gasteiger partial charge in [0, 0.05) is 18.8 Å². The molecule has 2 atom stereocenters. The molecule has 1 fully saturated rings. The molecule has 1 aliphatic rings. The van der Waals surface area contributed by atoms with Crippen LogP contribution in [0.15, 0.2) is 24.4 Å². The molecule has 0 bridgehead atoms. The van der Waals surface area contributed by atoms with E-state index in [1.54, 1.807) is 0 Å². The molecule has 0 aromatic carbocycles. The summed E-state index contributed by atoms with van der Waals surface area (Å²) in [6, 6.07) is 6.84. The van der Waals surface area contributed by atoms with Crippen LogP contribution >= 0.6 is 12.4 Å². The molecule has 1 aromatic heterocycles. The summed E-state index contributed by atoms with van der Waals surface area (Å²) in [4.78, 5) is 4.29. The second kappa shape index (κ2) is 6.09. The van der Waals surface area contributed by atoms with Gasteiger partial charge in [-0.15, -0.1) is 12.4 Å². The molecule has 0 saturated heterocycles. The Hall–Kier alpha value is -0.600. The zero-order valence-corrected chi connectivity index (χ0v) is 9.96. The molecule has 2 nitrogen and oxygen atoms in total. The maximum absolute atomic E-state index is 4.29. The van der Waals surface area contributed by atoms with E-state index in [9.17, 15) is 0 Å². The van der Waals surface area contributed by atoms with E-state index in [4.69, 9.17) is 0 Å². The van der Waals surface area contributed by atoms with E-state index < -0.39 is 0 Å². The van der Waals surface area contributed by atoms with Crippen molar-refractivity contribution < 1.29 is 0 Å². The van der Waals surface area contributed by atoms with Crippen LogP contribution in [0, 0.1) is 5.92 Å². The van der Waals surface area contributed by atoms with Crippen LogP contribution in [-0.2, 0) is 6.54 Å². The van der Waals surface area contributed by atoms with Crippen molar-refractivity contribution in [3.8, 4) is 0 Å². The van der Waals surface area contributed by atoms with Gasteiger partial charge in [-0.2, -0.15) is 0 Å². The van der Waals surface area contributed by atoms with E-state index in [1.165, 1.54) is 19.3 Å². The smallest absolute Gasteiger partial charge is 0.0541 e. The van der Waals surface area contributed by atoms with Crippen LogP contribution in [-0.4, -0.2) is 11.0 Å². The highest BCUT2D eigenvalue weighted by Crippen LogP contribution is 2.34. The Kier molecular flexibility index (Phi) is 5.06. The van der Waals surface area contributed by atoms with Gasteiger partial charge in [0.2, 0.25) is 0 Å². The maximum Gasteiger partial charge on any atom is 0.0541 e. The minimum absolute atomic E-state index is 0. The highest BCUT2D eigenvalue weighted by molar-refractivity contribution is 5.85. The number of rotatable bonds is 5. The second-order valence-corrected chi connectivity index (χ2v) is 4.09. The molecule has 1 N–H and O–H groups in total. The van der Waals surface area contributed by atoms with Crippen molar-refractivity contribution >= 4 is 12.4 Å². The molecule has 84 valence electrons. The van der Waals surface area contributed by atoms with Gasteiger partial charge in [0.25, 0.3) is 0 Å². The lowest BCUT2D eigenvalue weighted by atomic mass is 10.2. The Labute approximate surface area is 97.9 Å². The molecular formula is C12H19ClN2. The molecule has 0 radical (unpaired) electrons. The number of hydrogen-bond donors (Lipinski definition) is 1. The summed E-state index contributed by atoms with van der Waals surface area (Å²) >= 11 is 0. The third kappa shape index (κ3) is 3.80. The van der Waals surface area contributed by atoms with Crippen LogP contribution in [0.5, 0.6) is 0 Å². The Morgan fingerprint density at radius 2 is 2.33 bits per heavy atom. The first-order valence-electron chi connectivity index (χ1n) is 5.53. The minimum Gasteiger partial charge on any atom is -0.308 e. The molecule has 1 heterocycles. The van der Waals surface area contributed by atoms with E-state index >= 15 is 0 Å². The van der Waals surface area contributed by atoms with Gasteiger partial charge in [0.05, 0.1) is 5.69 Å². The lowest BCUT2D eigenvalue weighted by Gasteiger charge is -2.02. The predicted octanol–water partition coefficient (Wildman–Crippen LogP) is 2.78. The summed E-state index contributed by atoms with van der Waals surface area (Å²) in [6.07, 6.45) is 5.90. The fourth-order valence-corrected chi connectivity index (χ4v) is 1.93. The highest BCUT2D eigenvalue weighted by Gasteiger charge is 2.35. The van der Waals surface area contributed by atoms with Crippen LogP contribution in [0.25, 0.3) is 0 Å². The summed E-state index contributed by atoms with van der Waals surface area (Å²) in [5.41, 5.74) is 1.15. The molecule has 1 aliphatic carbocycles. The van der Waals surface area contributed by atoms with Crippen molar-refractivity contribution in [2.75, 3.05) is 0 Å². The summed E-state index contributed by atoms with van der Waals surface area (Å²) in [5.74, 6) is 0.934. The lowest BCUT2D eigenvalue weighted by Crippen LogP contribution is -2.18. The zero-order chi connectivity index (χ0) is 9.80. The zero-order valence-electron chi connectivity index (χ0n) is 9.15. The first-order valence-corrected chi connectivity index (χ1v) is 5.53. The molecule has 15 heavy (non-hydrogen) atoms. The molecule has 0 amide bonds. The van der Waals surface area contributed by atoms with E-state index in [1.807, 2.05) is 18.3 Å². The van der Waals surface area contributed by atoms with Gasteiger partial charge >= 0.3 is 0 Å². The van der Waals surface area contributed by atoms with Gasteiger partial charge < -0.3 is 5.32 Å². The number of nitrogens with zero attached hydrogens (tertiary/aromatic N) is 1. The Morgan fingerprint density at radius 1 is 1.47 bits per heavy atom. The van der Waals surface area contributed by atoms with E-state index in [0.29, 0.717) is 0 Å². The monoisotopic (exact) mass is 226 g/mol. The normalized spacial score (nSPS) is 23.3. The number of nitrogens with one attached hydrogen (secondary N) is 1. The quantitative estimate of drug-likeness (QED) is 0.835. The molecule has 2 unspecified atom stereocenters. The summed E-state index contributed by atoms with van der Waals surface area (Å²) in [5, 5.41) is 3.55. The first-order chi connectivity index (χ1) is 6.90. The van der Waals surface area contributed by atoms with Gasteiger partial charge in [0.1, 0.15) is 0 Å². The van der Waals surface area contributed by atoms with Crippen molar-refractivity contribution in [2.24, 2.45) is 5.92 Å². The van der Waals surface area contributed by atoms with Crippen LogP contribution in [0.2, 0.25) is 0 Å². The summed E-state index contributed by atoms with van der Waals surface area (Å²) in [6.45, 7) is 3.18. The predicted molar refractivity (Wildman–Crippen MR) is 65.1 cm³/mol. The number of pyridine rings is 1. The summed E-state index contributed by atoms with van der Waals surface area (Å²) < 4.78 is 0. The Bertz CT molecular complexity index is 276. The lowest BCUT2D eigenvalue weighted by molar-refractivity contribution is 0.594. The molecule has 1 aromatic rings. The van der Waals surface area contributed by atoms with Crippen LogP contribution < -0.4 is 5.32 Å². The van der Waals surface area contributed by atoms with Gasteiger partial charge in [-0.1, -0.05) is 19.4 Å². The maximum atomic E-state index is 4.29. The minimum atomic E-state index is 0. The van der Waals surface area contributed by atoms with Gasteiger partial charge in [0.15, 0.2) is 0 Å². The molecule has 0 spiro atoms. The Morgan fingerprint density at radius 3 is 3.00 bits per heavy atom. The number of aromatic nitrogens is 1. The van der Waals surface area contributed by atoms with Gasteiger partial charge in [-0.25, -0.2) is 0 Å². The van der Waals surface area contributed by atoms with Crippen LogP contribution in [0.3, 0.4) is 0 Å². The molecule has 2 rings (SSSR count). The number of hydrogen-bond acceptors (Lipinski definition) is 2. The standard InChI is InChI=1S/C12H18N2.ClH/c1-2-5-10-8-12(10)14-9-11-6-3-4-7-13-11;/h3-4,6-7,10,12,14H,2,5,8-9H2,1H3;1H. The SMILES string of the molecule is CCCC1CC1NCc1ccccn1.Cl. The topological polar surface area (TPSA) is 24.9 Å². The van der Waals surface area contributed by atoms with Crippen molar-refractivity contribution in [3.63, 3.8) is 0 Å². The van der Waals surface area contributed by atoms with Crippen molar-refractivity contribution in [2.45, 2.75) is 38.8 Å². The van der Waals surface area contributed by atoms with E-state index in [-0.39, 0.29) is 12.4 Å². The van der Waals surface area contributed by atoms with Crippen molar-refractivity contribution in [3.05, 3.63) is 30.1 Å². The van der Waals surface area contributed by atoms with Crippen molar-refractivity contribution in [1.82, 2.24) is 10.3 Å². The van der Waals surface area contributed by atoms with E-state index in [2.05, 4.69) is 23.3 Å². The van der Waals surface area contributed by atoms with Crippen LogP contribution in [0.4, 0.5) is 0 Å². The second-order valence-electron chi connectivity index (χ2n) is 4.09. The molecular weight excluding hydrogens is 208 g/mol. The fraction of sp³-hybridized carbons (Fsp3) is 0.583. The first kappa shape index (κ1) is 12.5. The Balaban J connectivity index is 0.00000112. The van der Waals surface area contributed by atoms with E-state index in [0.717, 1.165) is 24.2 Å². The van der Waals surface area contributed by atoms with Gasteiger partial charge in [-0.05, 0) is 30.9 Å². The van der Waals surface area contributed by atoms with Gasteiger partial charge in [-0.3, -0.25) is 4.98 Å². The largest absolute Gasteiger partial charge is 0.308 e. The fourth-order valence-electron chi connectivity index (χ4n) is 1.93. The molecule has 0 aliphatic heterocycles.